The van der Waals surface area contributed by atoms with E-state index in [-0.39, 0.29) is 6.04 Å². The van der Waals surface area contributed by atoms with Gasteiger partial charge in [0, 0.05) is 4.47 Å². The van der Waals surface area contributed by atoms with Crippen molar-refractivity contribution in [3.8, 4) is 11.5 Å². The second kappa shape index (κ2) is 6.41. The van der Waals surface area contributed by atoms with Crippen molar-refractivity contribution in [1.29, 1.82) is 0 Å². The fourth-order valence-electron chi connectivity index (χ4n) is 2.03. The van der Waals surface area contributed by atoms with Crippen LogP contribution in [0, 0.1) is 0 Å². The molecular weight excluding hydrogens is 326 g/mol. The number of halogens is 1. The summed E-state index contributed by atoms with van der Waals surface area (Å²) < 4.78 is 11.7. The van der Waals surface area contributed by atoms with Crippen molar-refractivity contribution in [2.75, 3.05) is 21.3 Å². The van der Waals surface area contributed by atoms with Gasteiger partial charge in [-0.2, -0.15) is 11.3 Å². The maximum atomic E-state index is 5.37. The first kappa shape index (κ1) is 14.4. The largest absolute Gasteiger partial charge is 0.493 e. The number of benzene rings is 1. The minimum absolute atomic E-state index is 0.125. The minimum atomic E-state index is 0.125. The molecule has 1 N–H and O–H groups in total. The Kier molecular flexibility index (Phi) is 4.85. The van der Waals surface area contributed by atoms with Crippen LogP contribution in [0.2, 0.25) is 0 Å². The first-order chi connectivity index (χ1) is 9.21. The van der Waals surface area contributed by atoms with Crippen molar-refractivity contribution < 1.29 is 9.47 Å². The molecule has 0 radical (unpaired) electrons. The Morgan fingerprint density at radius 3 is 2.42 bits per heavy atom. The van der Waals surface area contributed by atoms with Gasteiger partial charge >= 0.3 is 0 Å². The molecule has 0 aliphatic heterocycles. The highest BCUT2D eigenvalue weighted by atomic mass is 79.9. The van der Waals surface area contributed by atoms with Gasteiger partial charge in [0.2, 0.25) is 0 Å². The molecule has 102 valence electrons. The van der Waals surface area contributed by atoms with Gasteiger partial charge in [-0.15, -0.1) is 0 Å². The molecule has 0 aliphatic carbocycles. The zero-order valence-corrected chi connectivity index (χ0v) is 13.5. The lowest BCUT2D eigenvalue weighted by molar-refractivity contribution is 0.354. The van der Waals surface area contributed by atoms with E-state index in [9.17, 15) is 0 Å². The average molecular weight is 342 g/mol. The molecular formula is C14H16BrNO2S. The predicted molar refractivity (Wildman–Crippen MR) is 82.5 cm³/mol. The summed E-state index contributed by atoms with van der Waals surface area (Å²) in [5.41, 5.74) is 2.36. The predicted octanol–water partition coefficient (Wildman–Crippen LogP) is 3.84. The van der Waals surface area contributed by atoms with Crippen LogP contribution in [-0.4, -0.2) is 21.3 Å². The lowest BCUT2D eigenvalue weighted by Gasteiger charge is -2.19. The topological polar surface area (TPSA) is 30.5 Å². The molecule has 0 amide bonds. The smallest absolute Gasteiger partial charge is 0.161 e. The van der Waals surface area contributed by atoms with Crippen molar-refractivity contribution in [2.45, 2.75) is 6.04 Å². The van der Waals surface area contributed by atoms with Crippen molar-refractivity contribution >= 4 is 27.3 Å². The van der Waals surface area contributed by atoms with Gasteiger partial charge in [0.1, 0.15) is 0 Å². The van der Waals surface area contributed by atoms with Gasteiger partial charge in [-0.05, 0) is 47.1 Å². The summed E-state index contributed by atoms with van der Waals surface area (Å²) in [6.45, 7) is 0. The van der Waals surface area contributed by atoms with Crippen molar-refractivity contribution in [3.63, 3.8) is 0 Å². The zero-order chi connectivity index (χ0) is 13.8. The van der Waals surface area contributed by atoms with Gasteiger partial charge in [0.25, 0.3) is 0 Å². The van der Waals surface area contributed by atoms with E-state index in [1.165, 1.54) is 5.56 Å². The van der Waals surface area contributed by atoms with Gasteiger partial charge in [-0.25, -0.2) is 0 Å². The molecule has 1 aromatic heterocycles. The summed E-state index contributed by atoms with van der Waals surface area (Å²) in [7, 11) is 5.23. The van der Waals surface area contributed by atoms with Crippen molar-refractivity contribution in [2.24, 2.45) is 0 Å². The van der Waals surface area contributed by atoms with E-state index in [4.69, 9.17) is 9.47 Å². The summed E-state index contributed by atoms with van der Waals surface area (Å²) in [4.78, 5) is 0. The lowest BCUT2D eigenvalue weighted by atomic mass is 10.0. The van der Waals surface area contributed by atoms with Gasteiger partial charge < -0.3 is 14.8 Å². The third kappa shape index (κ3) is 2.94. The minimum Gasteiger partial charge on any atom is -0.493 e. The monoisotopic (exact) mass is 341 g/mol. The van der Waals surface area contributed by atoms with Crippen LogP contribution in [0.15, 0.2) is 33.4 Å². The Morgan fingerprint density at radius 2 is 1.89 bits per heavy atom. The van der Waals surface area contributed by atoms with Gasteiger partial charge in [-0.1, -0.05) is 15.9 Å². The van der Waals surface area contributed by atoms with E-state index < -0.39 is 0 Å². The molecule has 1 unspecified atom stereocenters. The fourth-order valence-corrected chi connectivity index (χ4v) is 3.27. The molecule has 2 aromatic rings. The van der Waals surface area contributed by atoms with Crippen LogP contribution in [0.5, 0.6) is 11.5 Å². The van der Waals surface area contributed by atoms with Crippen LogP contribution in [0.25, 0.3) is 0 Å². The van der Waals surface area contributed by atoms with Crippen LogP contribution in [0.1, 0.15) is 17.2 Å². The van der Waals surface area contributed by atoms with Crippen LogP contribution in [0.4, 0.5) is 0 Å². The highest BCUT2D eigenvalue weighted by Gasteiger charge is 2.18. The first-order valence-corrected chi connectivity index (χ1v) is 7.55. The van der Waals surface area contributed by atoms with E-state index in [1.807, 2.05) is 19.2 Å². The molecule has 1 atom stereocenters. The molecule has 0 saturated heterocycles. The van der Waals surface area contributed by atoms with Crippen LogP contribution in [0.3, 0.4) is 0 Å². The molecule has 0 spiro atoms. The number of hydrogen-bond donors (Lipinski definition) is 1. The van der Waals surface area contributed by atoms with E-state index in [0.717, 1.165) is 21.5 Å². The van der Waals surface area contributed by atoms with Crippen molar-refractivity contribution in [1.82, 2.24) is 5.32 Å². The highest BCUT2D eigenvalue weighted by molar-refractivity contribution is 9.10. The Bertz CT molecular complexity index is 543. The second-order valence-electron chi connectivity index (χ2n) is 4.01. The average Bonchev–Trinajstić information content (AvgIpc) is 2.94. The highest BCUT2D eigenvalue weighted by Crippen LogP contribution is 2.38. The molecule has 3 nitrogen and oxygen atoms in total. The number of hydrogen-bond acceptors (Lipinski definition) is 4. The number of rotatable bonds is 5. The zero-order valence-electron chi connectivity index (χ0n) is 11.1. The quantitative estimate of drug-likeness (QED) is 0.896. The first-order valence-electron chi connectivity index (χ1n) is 5.82. The SMILES string of the molecule is CNC(c1ccsc1)c1cc(OC)c(OC)cc1Br. The summed E-state index contributed by atoms with van der Waals surface area (Å²) in [6.07, 6.45) is 0. The molecule has 0 aliphatic rings. The van der Waals surface area contributed by atoms with Crippen LogP contribution >= 0.6 is 27.3 Å². The summed E-state index contributed by atoms with van der Waals surface area (Å²) in [5.74, 6) is 1.45. The molecule has 0 saturated carbocycles. The molecule has 1 heterocycles. The lowest BCUT2D eigenvalue weighted by Crippen LogP contribution is -2.17. The van der Waals surface area contributed by atoms with E-state index in [0.29, 0.717) is 0 Å². The van der Waals surface area contributed by atoms with Crippen molar-refractivity contribution in [3.05, 3.63) is 44.6 Å². The molecule has 1 aromatic carbocycles. The Labute approximate surface area is 125 Å². The maximum Gasteiger partial charge on any atom is 0.161 e. The van der Waals surface area contributed by atoms with Gasteiger partial charge in [0.15, 0.2) is 11.5 Å². The Morgan fingerprint density at radius 1 is 1.21 bits per heavy atom. The molecule has 2 rings (SSSR count). The third-order valence-electron chi connectivity index (χ3n) is 2.98. The van der Waals surface area contributed by atoms with Crippen LogP contribution < -0.4 is 14.8 Å². The number of ether oxygens (including phenoxy) is 2. The summed E-state index contributed by atoms with van der Waals surface area (Å²) in [5, 5.41) is 7.55. The van der Waals surface area contributed by atoms with E-state index >= 15 is 0 Å². The van der Waals surface area contributed by atoms with Crippen LogP contribution in [-0.2, 0) is 0 Å². The number of methoxy groups -OCH3 is 2. The molecule has 0 bridgehead atoms. The maximum absolute atomic E-state index is 5.37. The number of nitrogens with one attached hydrogen (secondary N) is 1. The molecule has 19 heavy (non-hydrogen) atoms. The van der Waals surface area contributed by atoms with E-state index in [1.54, 1.807) is 25.6 Å². The van der Waals surface area contributed by atoms with E-state index in [2.05, 4.69) is 38.1 Å². The molecule has 0 fully saturated rings. The Balaban J connectivity index is 2.48. The normalized spacial score (nSPS) is 12.2. The summed E-state index contributed by atoms with van der Waals surface area (Å²) >= 11 is 5.30. The summed E-state index contributed by atoms with van der Waals surface area (Å²) in [6, 6.07) is 6.18. The third-order valence-corrected chi connectivity index (χ3v) is 4.37. The number of thiophene rings is 1. The standard InChI is InChI=1S/C14H16BrNO2S/c1-16-14(9-4-5-19-8-9)10-6-12(17-2)13(18-3)7-11(10)15/h4-8,14,16H,1-3H3. The second-order valence-corrected chi connectivity index (χ2v) is 5.64. The fraction of sp³-hybridized carbons (Fsp3) is 0.286. The molecule has 5 heteroatoms. The van der Waals surface area contributed by atoms with Gasteiger partial charge in [0.05, 0.1) is 20.3 Å². The van der Waals surface area contributed by atoms with Gasteiger partial charge in [-0.3, -0.25) is 0 Å². The Hall–Kier alpha value is -1.04.